The molecule has 22 heavy (non-hydrogen) atoms. The van der Waals surface area contributed by atoms with Gasteiger partial charge in [-0.1, -0.05) is 11.6 Å². The van der Waals surface area contributed by atoms with E-state index in [1.807, 2.05) is 27.7 Å². The summed E-state index contributed by atoms with van der Waals surface area (Å²) < 4.78 is 31.8. The number of hydrogen-bond acceptors (Lipinski definition) is 3. The lowest BCUT2D eigenvalue weighted by molar-refractivity contribution is 0.00578. The molecule has 2 aliphatic rings. The molecule has 1 aliphatic carbocycles. The van der Waals surface area contributed by atoms with Crippen molar-refractivity contribution in [3.05, 3.63) is 23.0 Å². The molecule has 1 heterocycles. The number of hydrogen-bond donors (Lipinski definition) is 0. The largest absolute Gasteiger partial charge is 0.497 e. The molecule has 6 heteroatoms. The number of benzene rings is 1. The van der Waals surface area contributed by atoms with Crippen LogP contribution in [0.15, 0.2) is 12.1 Å². The van der Waals surface area contributed by atoms with Gasteiger partial charge in [0.2, 0.25) is 0 Å². The van der Waals surface area contributed by atoms with Gasteiger partial charge in [-0.05, 0) is 58.6 Å². The van der Waals surface area contributed by atoms with E-state index in [0.717, 1.165) is 0 Å². The molecule has 0 spiro atoms. The van der Waals surface area contributed by atoms with Crippen LogP contribution in [0, 0.1) is 11.7 Å². The predicted octanol–water partition coefficient (Wildman–Crippen LogP) is 3.57. The van der Waals surface area contributed by atoms with Crippen LogP contribution in [0.25, 0.3) is 0 Å². The van der Waals surface area contributed by atoms with Crippen molar-refractivity contribution in [2.24, 2.45) is 5.92 Å². The Bertz CT molecular complexity index is 571. The van der Waals surface area contributed by atoms with E-state index in [1.165, 1.54) is 18.9 Å². The predicted molar refractivity (Wildman–Crippen MR) is 85.3 cm³/mol. The normalized spacial score (nSPS) is 22.9. The van der Waals surface area contributed by atoms with E-state index in [1.54, 1.807) is 6.07 Å². The van der Waals surface area contributed by atoms with E-state index < -0.39 is 24.1 Å². The SMILES string of the molecule is CC1(C)OB(c2cc(OCC3CC3)c(Cl)cc2F)OC1(C)C. The average Bonchev–Trinajstić information content (AvgIpc) is 3.16. The zero-order valence-electron chi connectivity index (χ0n) is 13.4. The molecule has 0 bridgehead atoms. The van der Waals surface area contributed by atoms with Crippen molar-refractivity contribution in [3.63, 3.8) is 0 Å². The van der Waals surface area contributed by atoms with Gasteiger partial charge in [0, 0.05) is 5.46 Å². The van der Waals surface area contributed by atoms with Crippen LogP contribution in [-0.4, -0.2) is 24.9 Å². The highest BCUT2D eigenvalue weighted by Gasteiger charge is 2.52. The van der Waals surface area contributed by atoms with Crippen LogP contribution in [0.1, 0.15) is 40.5 Å². The molecule has 1 aliphatic heterocycles. The number of halogens is 2. The minimum absolute atomic E-state index is 0.276. The van der Waals surface area contributed by atoms with Crippen LogP contribution < -0.4 is 10.2 Å². The van der Waals surface area contributed by atoms with Crippen LogP contribution in [0.3, 0.4) is 0 Å². The Hall–Kier alpha value is -0.775. The molecular formula is C16H21BClFO3. The van der Waals surface area contributed by atoms with Gasteiger partial charge in [-0.2, -0.15) is 0 Å². The monoisotopic (exact) mass is 326 g/mol. The van der Waals surface area contributed by atoms with Gasteiger partial charge in [0.1, 0.15) is 11.6 Å². The molecule has 0 N–H and O–H groups in total. The van der Waals surface area contributed by atoms with Crippen molar-refractivity contribution in [1.29, 1.82) is 0 Å². The second-order valence-corrected chi connectivity index (χ2v) is 7.55. The lowest BCUT2D eigenvalue weighted by atomic mass is 9.78. The Kier molecular flexibility index (Phi) is 3.95. The second kappa shape index (κ2) is 5.39. The highest BCUT2D eigenvalue weighted by Crippen LogP contribution is 2.37. The number of rotatable bonds is 4. The summed E-state index contributed by atoms with van der Waals surface area (Å²) in [5.74, 6) is 0.642. The molecule has 3 rings (SSSR count). The van der Waals surface area contributed by atoms with Gasteiger partial charge >= 0.3 is 7.12 Å². The summed E-state index contributed by atoms with van der Waals surface area (Å²) in [5.41, 5.74) is -0.703. The van der Waals surface area contributed by atoms with Crippen LogP contribution in [0.4, 0.5) is 4.39 Å². The van der Waals surface area contributed by atoms with E-state index in [-0.39, 0.29) is 5.02 Å². The quantitative estimate of drug-likeness (QED) is 0.792. The van der Waals surface area contributed by atoms with E-state index in [4.69, 9.17) is 25.6 Å². The van der Waals surface area contributed by atoms with Crippen molar-refractivity contribution >= 4 is 24.2 Å². The van der Waals surface area contributed by atoms with E-state index in [2.05, 4.69) is 0 Å². The maximum Gasteiger partial charge on any atom is 0.497 e. The number of ether oxygens (including phenoxy) is 1. The summed E-state index contributed by atoms with van der Waals surface area (Å²) >= 11 is 6.08. The van der Waals surface area contributed by atoms with Crippen molar-refractivity contribution < 1.29 is 18.4 Å². The van der Waals surface area contributed by atoms with E-state index >= 15 is 0 Å². The third-order valence-electron chi connectivity index (χ3n) is 4.73. The molecule has 120 valence electrons. The van der Waals surface area contributed by atoms with Gasteiger partial charge in [-0.15, -0.1) is 0 Å². The topological polar surface area (TPSA) is 27.7 Å². The fourth-order valence-electron chi connectivity index (χ4n) is 2.30. The molecule has 1 saturated heterocycles. The first-order chi connectivity index (χ1) is 10.2. The summed E-state index contributed by atoms with van der Waals surface area (Å²) in [6, 6.07) is 2.87. The van der Waals surface area contributed by atoms with Crippen LogP contribution in [0.5, 0.6) is 5.75 Å². The van der Waals surface area contributed by atoms with Crippen LogP contribution in [-0.2, 0) is 9.31 Å². The van der Waals surface area contributed by atoms with Gasteiger partial charge < -0.3 is 14.0 Å². The van der Waals surface area contributed by atoms with Crippen LogP contribution >= 0.6 is 11.6 Å². The first-order valence-electron chi connectivity index (χ1n) is 7.67. The summed E-state index contributed by atoms with van der Waals surface area (Å²) in [4.78, 5) is 0. The van der Waals surface area contributed by atoms with Gasteiger partial charge in [0.25, 0.3) is 0 Å². The summed E-state index contributed by atoms with van der Waals surface area (Å²) in [6.07, 6.45) is 2.37. The van der Waals surface area contributed by atoms with Crippen molar-refractivity contribution in [3.8, 4) is 5.75 Å². The first-order valence-corrected chi connectivity index (χ1v) is 8.05. The third kappa shape index (κ3) is 2.99. The molecule has 0 unspecified atom stereocenters. The minimum atomic E-state index is -0.759. The lowest BCUT2D eigenvalue weighted by Gasteiger charge is -2.32. The summed E-state index contributed by atoms with van der Waals surface area (Å²) in [7, 11) is -0.759. The van der Waals surface area contributed by atoms with E-state index in [0.29, 0.717) is 23.7 Å². The molecule has 1 saturated carbocycles. The Labute approximate surface area is 136 Å². The molecule has 0 aromatic heterocycles. The van der Waals surface area contributed by atoms with Gasteiger partial charge in [0.05, 0.1) is 22.8 Å². The fourth-order valence-corrected chi connectivity index (χ4v) is 2.50. The Morgan fingerprint density at radius 3 is 2.36 bits per heavy atom. The molecule has 2 fully saturated rings. The maximum absolute atomic E-state index is 14.3. The first kappa shape index (κ1) is 16.1. The summed E-state index contributed by atoms with van der Waals surface area (Å²) in [6.45, 7) is 8.36. The van der Waals surface area contributed by atoms with Crippen molar-refractivity contribution in [2.75, 3.05) is 6.61 Å². The molecular weight excluding hydrogens is 305 g/mol. The average molecular weight is 327 g/mol. The van der Waals surface area contributed by atoms with Gasteiger partial charge in [-0.25, -0.2) is 4.39 Å². The second-order valence-electron chi connectivity index (χ2n) is 7.15. The standard InChI is InChI=1S/C16H21BClFO3/c1-15(2)16(3,4)22-17(21-15)11-7-14(12(18)8-13(11)19)20-9-10-5-6-10/h7-8,10H,5-6,9H2,1-4H3. The lowest BCUT2D eigenvalue weighted by Crippen LogP contribution is -2.41. The molecule has 1 aromatic carbocycles. The molecule has 0 radical (unpaired) electrons. The maximum atomic E-state index is 14.3. The Morgan fingerprint density at radius 2 is 1.82 bits per heavy atom. The Balaban J connectivity index is 1.85. The molecule has 1 aromatic rings. The fraction of sp³-hybridized carbons (Fsp3) is 0.625. The molecule has 0 atom stereocenters. The smallest absolute Gasteiger partial charge is 0.492 e. The zero-order valence-corrected chi connectivity index (χ0v) is 14.2. The van der Waals surface area contributed by atoms with Crippen molar-refractivity contribution in [1.82, 2.24) is 0 Å². The molecule has 0 amide bonds. The third-order valence-corrected chi connectivity index (χ3v) is 5.03. The van der Waals surface area contributed by atoms with Gasteiger partial charge in [-0.3, -0.25) is 0 Å². The van der Waals surface area contributed by atoms with Crippen molar-refractivity contribution in [2.45, 2.75) is 51.7 Å². The van der Waals surface area contributed by atoms with Crippen LogP contribution in [0.2, 0.25) is 5.02 Å². The summed E-state index contributed by atoms with van der Waals surface area (Å²) in [5, 5.41) is 0.276. The Morgan fingerprint density at radius 1 is 1.23 bits per heavy atom. The zero-order chi connectivity index (χ0) is 16.1. The minimum Gasteiger partial charge on any atom is -0.492 e. The molecule has 3 nitrogen and oxygen atoms in total. The van der Waals surface area contributed by atoms with Gasteiger partial charge in [0.15, 0.2) is 0 Å². The van der Waals surface area contributed by atoms with E-state index in [9.17, 15) is 4.39 Å². The highest BCUT2D eigenvalue weighted by atomic mass is 35.5. The highest BCUT2D eigenvalue weighted by molar-refractivity contribution is 6.62.